The maximum absolute atomic E-state index is 12.9. The number of rotatable bonds is 6. The summed E-state index contributed by atoms with van der Waals surface area (Å²) in [6, 6.07) is 15.9. The molecule has 0 aliphatic carbocycles. The van der Waals surface area contributed by atoms with E-state index >= 15 is 0 Å². The molecule has 2 aromatic rings. The average Bonchev–Trinajstić information content (AvgIpc) is 3.24. The Morgan fingerprint density at radius 2 is 1.91 bits per heavy atom. The molecule has 2 heterocycles. The van der Waals surface area contributed by atoms with E-state index in [1.54, 1.807) is 48.3 Å². The van der Waals surface area contributed by atoms with Crippen molar-refractivity contribution in [1.82, 2.24) is 9.80 Å². The standard InChI is InChI=1S/C26H27N5O3S/c1-30(17-19-10-8-18(16-27)9-11-19)25(34)20-6-5-7-21(14-20)28-23(32)15-22-24(33)29-26(35-22)31-12-3-2-4-13-31/h5-11,14,22H,2-4,12-13,15,17H2,1H3,(H,28,32). The Morgan fingerprint density at radius 1 is 1.17 bits per heavy atom. The third-order valence-electron chi connectivity index (χ3n) is 5.97. The van der Waals surface area contributed by atoms with E-state index in [1.807, 2.05) is 12.1 Å². The second-order valence-electron chi connectivity index (χ2n) is 8.69. The molecule has 2 aliphatic heterocycles. The number of hydrogen-bond acceptors (Lipinski definition) is 6. The summed E-state index contributed by atoms with van der Waals surface area (Å²) in [5.41, 5.74) is 2.42. The van der Waals surface area contributed by atoms with Gasteiger partial charge in [0.1, 0.15) is 5.25 Å². The number of anilines is 1. The number of nitriles is 1. The monoisotopic (exact) mass is 489 g/mol. The van der Waals surface area contributed by atoms with Crippen molar-refractivity contribution in [2.24, 2.45) is 4.99 Å². The van der Waals surface area contributed by atoms with Gasteiger partial charge in [-0.3, -0.25) is 14.4 Å². The molecule has 1 N–H and O–H groups in total. The molecule has 9 heteroatoms. The summed E-state index contributed by atoms with van der Waals surface area (Å²) in [4.78, 5) is 45.8. The molecule has 0 spiro atoms. The van der Waals surface area contributed by atoms with Crippen molar-refractivity contribution in [3.8, 4) is 6.07 Å². The zero-order chi connectivity index (χ0) is 24.8. The minimum absolute atomic E-state index is 0.0289. The van der Waals surface area contributed by atoms with Crippen molar-refractivity contribution >= 4 is 40.3 Å². The minimum atomic E-state index is -0.518. The first-order chi connectivity index (χ1) is 16.9. The van der Waals surface area contributed by atoms with Crippen molar-refractivity contribution in [2.45, 2.75) is 37.5 Å². The Balaban J connectivity index is 1.32. The number of piperidine rings is 1. The highest BCUT2D eigenvalue weighted by Gasteiger charge is 2.33. The fraction of sp³-hybridized carbons (Fsp3) is 0.346. The van der Waals surface area contributed by atoms with Crippen LogP contribution in [0, 0.1) is 11.3 Å². The van der Waals surface area contributed by atoms with Gasteiger partial charge in [0.2, 0.25) is 5.91 Å². The Kier molecular flexibility index (Phi) is 7.83. The van der Waals surface area contributed by atoms with E-state index in [-0.39, 0.29) is 24.1 Å². The summed E-state index contributed by atoms with van der Waals surface area (Å²) < 4.78 is 0. The number of amidine groups is 1. The summed E-state index contributed by atoms with van der Waals surface area (Å²) in [5, 5.41) is 11.9. The van der Waals surface area contributed by atoms with Gasteiger partial charge in [-0.05, 0) is 55.2 Å². The van der Waals surface area contributed by atoms with Crippen LogP contribution in [-0.2, 0) is 16.1 Å². The number of aliphatic imine (C=N–C) groups is 1. The van der Waals surface area contributed by atoms with Crippen LogP contribution in [0.2, 0.25) is 0 Å². The third-order valence-corrected chi connectivity index (χ3v) is 7.18. The summed E-state index contributed by atoms with van der Waals surface area (Å²) in [6.07, 6.45) is 3.41. The van der Waals surface area contributed by atoms with Crippen LogP contribution in [0.3, 0.4) is 0 Å². The molecule has 1 fully saturated rings. The topological polar surface area (TPSA) is 106 Å². The van der Waals surface area contributed by atoms with Gasteiger partial charge in [0.25, 0.3) is 11.8 Å². The van der Waals surface area contributed by atoms with E-state index in [4.69, 9.17) is 5.26 Å². The number of nitrogens with zero attached hydrogens (tertiary/aromatic N) is 4. The number of amides is 3. The highest BCUT2D eigenvalue weighted by atomic mass is 32.2. The Hall–Kier alpha value is -3.64. The molecular weight excluding hydrogens is 462 g/mol. The number of thioether (sulfide) groups is 1. The summed E-state index contributed by atoms with van der Waals surface area (Å²) in [6.45, 7) is 2.19. The average molecular weight is 490 g/mol. The van der Waals surface area contributed by atoms with E-state index in [0.29, 0.717) is 23.4 Å². The number of benzene rings is 2. The smallest absolute Gasteiger partial charge is 0.262 e. The fourth-order valence-electron chi connectivity index (χ4n) is 4.09. The van der Waals surface area contributed by atoms with Crippen molar-refractivity contribution in [3.63, 3.8) is 0 Å². The molecule has 0 radical (unpaired) electrons. The largest absolute Gasteiger partial charge is 0.351 e. The van der Waals surface area contributed by atoms with Crippen molar-refractivity contribution in [3.05, 3.63) is 65.2 Å². The van der Waals surface area contributed by atoms with Gasteiger partial charge >= 0.3 is 0 Å². The SMILES string of the molecule is CN(Cc1ccc(C#N)cc1)C(=O)c1cccc(NC(=O)CC2SC(N3CCCCC3)=NC2=O)c1. The van der Waals surface area contributed by atoms with Crippen LogP contribution < -0.4 is 5.32 Å². The maximum Gasteiger partial charge on any atom is 0.262 e. The van der Waals surface area contributed by atoms with Crippen molar-refractivity contribution in [2.75, 3.05) is 25.5 Å². The zero-order valence-electron chi connectivity index (χ0n) is 19.6. The molecular formula is C26H27N5O3S. The Bertz CT molecular complexity index is 1180. The summed E-state index contributed by atoms with van der Waals surface area (Å²) >= 11 is 1.37. The molecule has 1 saturated heterocycles. The second-order valence-corrected chi connectivity index (χ2v) is 9.86. The third kappa shape index (κ3) is 6.28. The van der Waals surface area contributed by atoms with Gasteiger partial charge in [0.15, 0.2) is 5.17 Å². The van der Waals surface area contributed by atoms with E-state index in [2.05, 4.69) is 21.3 Å². The van der Waals surface area contributed by atoms with Gasteiger partial charge in [0, 0.05) is 44.4 Å². The number of carbonyl (C=O) groups excluding carboxylic acids is 3. The Morgan fingerprint density at radius 3 is 2.63 bits per heavy atom. The van der Waals surface area contributed by atoms with Crippen LogP contribution in [0.5, 0.6) is 0 Å². The molecule has 0 saturated carbocycles. The lowest BCUT2D eigenvalue weighted by molar-refractivity contribution is -0.121. The predicted molar refractivity (Wildman–Crippen MR) is 136 cm³/mol. The highest BCUT2D eigenvalue weighted by molar-refractivity contribution is 8.15. The van der Waals surface area contributed by atoms with Gasteiger partial charge in [-0.25, -0.2) is 0 Å². The minimum Gasteiger partial charge on any atom is -0.351 e. The lowest BCUT2D eigenvalue weighted by Crippen LogP contribution is -2.33. The first-order valence-electron chi connectivity index (χ1n) is 11.6. The molecule has 8 nitrogen and oxygen atoms in total. The first-order valence-corrected chi connectivity index (χ1v) is 12.5. The highest BCUT2D eigenvalue weighted by Crippen LogP contribution is 2.29. The van der Waals surface area contributed by atoms with Gasteiger partial charge in [-0.1, -0.05) is 30.0 Å². The normalized spacial score (nSPS) is 17.5. The molecule has 0 bridgehead atoms. The first kappa shape index (κ1) is 24.5. The van der Waals surface area contributed by atoms with Crippen LogP contribution in [0.25, 0.3) is 0 Å². The molecule has 2 aliphatic rings. The van der Waals surface area contributed by atoms with Gasteiger partial charge in [-0.2, -0.15) is 10.3 Å². The number of carbonyl (C=O) groups is 3. The van der Waals surface area contributed by atoms with E-state index in [0.717, 1.165) is 36.7 Å². The van der Waals surface area contributed by atoms with Crippen LogP contribution in [0.15, 0.2) is 53.5 Å². The predicted octanol–water partition coefficient (Wildman–Crippen LogP) is 3.64. The van der Waals surface area contributed by atoms with Crippen molar-refractivity contribution < 1.29 is 14.4 Å². The number of nitrogens with one attached hydrogen (secondary N) is 1. The van der Waals surface area contributed by atoms with Gasteiger partial charge in [-0.15, -0.1) is 0 Å². The van der Waals surface area contributed by atoms with E-state index in [1.165, 1.54) is 18.2 Å². The van der Waals surface area contributed by atoms with Gasteiger partial charge in [0.05, 0.1) is 11.6 Å². The van der Waals surface area contributed by atoms with Gasteiger partial charge < -0.3 is 15.1 Å². The van der Waals surface area contributed by atoms with Crippen LogP contribution in [0.4, 0.5) is 5.69 Å². The van der Waals surface area contributed by atoms with E-state index < -0.39 is 5.25 Å². The van der Waals surface area contributed by atoms with Crippen LogP contribution in [0.1, 0.15) is 47.2 Å². The zero-order valence-corrected chi connectivity index (χ0v) is 20.4. The fourth-order valence-corrected chi connectivity index (χ4v) is 5.21. The molecule has 180 valence electrons. The van der Waals surface area contributed by atoms with E-state index in [9.17, 15) is 14.4 Å². The molecule has 1 atom stereocenters. The quantitative estimate of drug-likeness (QED) is 0.664. The lowest BCUT2D eigenvalue weighted by atomic mass is 10.1. The molecule has 35 heavy (non-hydrogen) atoms. The molecule has 3 amide bonds. The number of hydrogen-bond donors (Lipinski definition) is 1. The Labute approximate surface area is 209 Å². The van der Waals surface area contributed by atoms with Crippen molar-refractivity contribution in [1.29, 1.82) is 5.26 Å². The maximum atomic E-state index is 12.9. The van der Waals surface area contributed by atoms with Crippen LogP contribution in [-0.4, -0.2) is 58.1 Å². The summed E-state index contributed by atoms with van der Waals surface area (Å²) in [5.74, 6) is -0.743. The number of likely N-dealkylation sites (tertiary alicyclic amines) is 1. The molecule has 0 aromatic heterocycles. The summed E-state index contributed by atoms with van der Waals surface area (Å²) in [7, 11) is 1.70. The second kappa shape index (κ2) is 11.2. The van der Waals surface area contributed by atoms with Crippen LogP contribution >= 0.6 is 11.8 Å². The molecule has 4 rings (SSSR count). The molecule has 2 aromatic carbocycles. The lowest BCUT2D eigenvalue weighted by Gasteiger charge is -2.27. The molecule has 1 unspecified atom stereocenters.